The zero-order valence-corrected chi connectivity index (χ0v) is 11.2. The molecule has 21 heavy (non-hydrogen) atoms. The van der Waals surface area contributed by atoms with E-state index < -0.39 is 55.2 Å². The minimum Gasteiger partial charge on any atom is -0.477 e. The molecule has 0 bridgehead atoms. The predicted molar refractivity (Wildman–Crippen MR) is 59.2 cm³/mol. The summed E-state index contributed by atoms with van der Waals surface area (Å²) in [4.78, 5) is 11.2. The minimum atomic E-state index is -3.00. The van der Waals surface area contributed by atoms with E-state index in [0.29, 0.717) is 0 Å². The Bertz CT molecular complexity index is 417. The molecule has 2 fully saturated rings. The van der Waals surface area contributed by atoms with Crippen LogP contribution in [-0.4, -0.2) is 70.5 Å². The van der Waals surface area contributed by atoms with Crippen molar-refractivity contribution in [3.8, 4) is 0 Å². The van der Waals surface area contributed by atoms with Crippen LogP contribution >= 0.6 is 0 Å². The molecule has 0 saturated carbocycles. The van der Waals surface area contributed by atoms with Gasteiger partial charge in [-0.25, -0.2) is 13.6 Å². The molecule has 1 unspecified atom stereocenters. The number of ether oxygens (including phenoxy) is 4. The Kier molecular flexibility index (Phi) is 4.21. The molecule has 122 valence electrons. The highest BCUT2D eigenvalue weighted by Gasteiger charge is 2.64. The van der Waals surface area contributed by atoms with Gasteiger partial charge in [0.05, 0.1) is 6.61 Å². The number of halogens is 2. The van der Waals surface area contributed by atoms with Crippen LogP contribution < -0.4 is 0 Å². The van der Waals surface area contributed by atoms with Gasteiger partial charge in [-0.3, -0.25) is 0 Å². The number of aliphatic carboxylic acids is 1. The molecule has 0 aromatic rings. The lowest BCUT2D eigenvalue weighted by atomic mass is 10.0. The quantitative estimate of drug-likeness (QED) is 0.623. The van der Waals surface area contributed by atoms with Crippen molar-refractivity contribution < 1.29 is 47.8 Å². The van der Waals surface area contributed by atoms with E-state index in [9.17, 15) is 18.7 Å². The predicted octanol–water partition coefficient (Wildman–Crippen LogP) is -0.721. The average molecular weight is 314 g/mol. The first-order valence-electron chi connectivity index (χ1n) is 6.14. The zero-order valence-electron chi connectivity index (χ0n) is 11.2. The first kappa shape index (κ1) is 16.5. The summed E-state index contributed by atoms with van der Waals surface area (Å²) in [6.07, 6.45) is -9.31. The van der Waals surface area contributed by atoms with Crippen LogP contribution in [0.25, 0.3) is 0 Å². The second-order valence-electron chi connectivity index (χ2n) is 5.20. The van der Waals surface area contributed by atoms with E-state index >= 15 is 0 Å². The number of hydrogen-bond acceptors (Lipinski definition) is 7. The molecule has 2 saturated heterocycles. The van der Waals surface area contributed by atoms with E-state index in [0.717, 1.165) is 0 Å². The van der Waals surface area contributed by atoms with Crippen LogP contribution in [0.2, 0.25) is 0 Å². The standard InChI is InChI=1S/C11H16F2O8/c1-10(2)20-6(11(17,21-10)9(15)16)5-4(3-14)18-8(19-5)7(12)13/h4-8,14,17H,3H2,1-2H3,(H,15,16)/t4-,5-,6+,8?,11-/m1/s1. The van der Waals surface area contributed by atoms with Gasteiger partial charge in [0.25, 0.3) is 12.2 Å². The SMILES string of the molecule is CC1(C)O[C@@H]([C@@H]2OC(C(F)F)O[C@@H]2CO)[C@](O)(C(=O)O)O1. The third-order valence-corrected chi connectivity index (χ3v) is 3.15. The number of carbonyl (C=O) groups is 1. The molecule has 2 heterocycles. The van der Waals surface area contributed by atoms with E-state index in [2.05, 4.69) is 0 Å². The monoisotopic (exact) mass is 314 g/mol. The van der Waals surface area contributed by atoms with Crippen molar-refractivity contribution in [3.63, 3.8) is 0 Å². The van der Waals surface area contributed by atoms with Gasteiger partial charge in [-0.2, -0.15) is 0 Å². The zero-order chi connectivity index (χ0) is 16.0. The summed E-state index contributed by atoms with van der Waals surface area (Å²) in [5.41, 5.74) is 0. The number of aliphatic hydroxyl groups is 2. The first-order valence-corrected chi connectivity index (χ1v) is 6.14. The molecule has 0 aliphatic carbocycles. The second-order valence-corrected chi connectivity index (χ2v) is 5.20. The summed E-state index contributed by atoms with van der Waals surface area (Å²) in [6.45, 7) is 1.97. The maximum absolute atomic E-state index is 12.6. The third-order valence-electron chi connectivity index (χ3n) is 3.15. The van der Waals surface area contributed by atoms with E-state index in [1.54, 1.807) is 0 Å². The van der Waals surface area contributed by atoms with E-state index in [-0.39, 0.29) is 0 Å². The molecule has 5 atom stereocenters. The van der Waals surface area contributed by atoms with Crippen LogP contribution in [0.3, 0.4) is 0 Å². The number of aliphatic hydroxyl groups excluding tert-OH is 1. The van der Waals surface area contributed by atoms with Gasteiger partial charge in [0, 0.05) is 0 Å². The van der Waals surface area contributed by atoms with Crippen molar-refractivity contribution in [1.82, 2.24) is 0 Å². The molecule has 2 aliphatic heterocycles. The number of alkyl halides is 2. The summed E-state index contributed by atoms with van der Waals surface area (Å²) in [6, 6.07) is 0. The van der Waals surface area contributed by atoms with Crippen molar-refractivity contribution in [2.45, 2.75) is 56.4 Å². The van der Waals surface area contributed by atoms with Gasteiger partial charge in [0.2, 0.25) is 6.29 Å². The van der Waals surface area contributed by atoms with Gasteiger partial charge in [-0.15, -0.1) is 0 Å². The smallest absolute Gasteiger partial charge is 0.367 e. The largest absolute Gasteiger partial charge is 0.477 e. The van der Waals surface area contributed by atoms with Crippen LogP contribution in [0.1, 0.15) is 13.8 Å². The maximum atomic E-state index is 12.6. The fourth-order valence-electron chi connectivity index (χ4n) is 2.35. The highest BCUT2D eigenvalue weighted by Crippen LogP contribution is 2.41. The molecule has 8 nitrogen and oxygen atoms in total. The number of rotatable bonds is 4. The molecule has 0 aromatic carbocycles. The normalized spacial score (nSPS) is 42.6. The van der Waals surface area contributed by atoms with E-state index in [1.165, 1.54) is 13.8 Å². The molecular formula is C11H16F2O8. The van der Waals surface area contributed by atoms with Gasteiger partial charge < -0.3 is 34.3 Å². The van der Waals surface area contributed by atoms with Crippen LogP contribution in [-0.2, 0) is 23.7 Å². The Morgan fingerprint density at radius 2 is 1.95 bits per heavy atom. The highest BCUT2D eigenvalue weighted by molar-refractivity contribution is 5.76. The fraction of sp³-hybridized carbons (Fsp3) is 0.909. The van der Waals surface area contributed by atoms with Crippen molar-refractivity contribution in [1.29, 1.82) is 0 Å². The topological polar surface area (TPSA) is 115 Å². The minimum absolute atomic E-state index is 0.718. The molecule has 3 N–H and O–H groups in total. The number of hydrogen-bond donors (Lipinski definition) is 3. The Morgan fingerprint density at radius 3 is 2.43 bits per heavy atom. The van der Waals surface area contributed by atoms with Crippen LogP contribution in [0, 0.1) is 0 Å². The van der Waals surface area contributed by atoms with E-state index in [1.807, 2.05) is 0 Å². The molecular weight excluding hydrogens is 298 g/mol. The maximum Gasteiger partial charge on any atom is 0.367 e. The summed E-state index contributed by atoms with van der Waals surface area (Å²) < 4.78 is 45.1. The van der Waals surface area contributed by atoms with Gasteiger partial charge in [0.15, 0.2) is 11.9 Å². The van der Waals surface area contributed by atoms with Crippen molar-refractivity contribution in [3.05, 3.63) is 0 Å². The Hall–Kier alpha value is -0.910. The van der Waals surface area contributed by atoms with Crippen LogP contribution in [0.4, 0.5) is 8.78 Å². The lowest BCUT2D eigenvalue weighted by molar-refractivity contribution is -0.242. The van der Waals surface area contributed by atoms with Crippen LogP contribution in [0.15, 0.2) is 0 Å². The molecule has 0 amide bonds. The van der Waals surface area contributed by atoms with Crippen LogP contribution in [0.5, 0.6) is 0 Å². The van der Waals surface area contributed by atoms with E-state index in [4.69, 9.17) is 29.2 Å². The van der Waals surface area contributed by atoms with Gasteiger partial charge in [-0.05, 0) is 13.8 Å². The van der Waals surface area contributed by atoms with Crippen molar-refractivity contribution in [2.24, 2.45) is 0 Å². The Labute approximate surface area is 118 Å². The third kappa shape index (κ3) is 2.87. The van der Waals surface area contributed by atoms with Crippen molar-refractivity contribution in [2.75, 3.05) is 6.61 Å². The second kappa shape index (κ2) is 5.38. The van der Waals surface area contributed by atoms with Gasteiger partial charge >= 0.3 is 5.97 Å². The molecule has 2 aliphatic rings. The lowest BCUT2D eigenvalue weighted by Gasteiger charge is -2.27. The summed E-state index contributed by atoms with van der Waals surface area (Å²) in [7, 11) is 0. The lowest BCUT2D eigenvalue weighted by Crippen LogP contribution is -2.55. The van der Waals surface area contributed by atoms with Crippen molar-refractivity contribution >= 4 is 5.97 Å². The summed E-state index contributed by atoms with van der Waals surface area (Å²) >= 11 is 0. The summed E-state index contributed by atoms with van der Waals surface area (Å²) in [5.74, 6) is -6.05. The Morgan fingerprint density at radius 1 is 1.33 bits per heavy atom. The highest BCUT2D eigenvalue weighted by atomic mass is 19.3. The molecule has 10 heteroatoms. The number of carboxylic acid groups (broad SMARTS) is 1. The molecule has 2 rings (SSSR count). The van der Waals surface area contributed by atoms with Gasteiger partial charge in [0.1, 0.15) is 12.2 Å². The fourth-order valence-corrected chi connectivity index (χ4v) is 2.35. The Balaban J connectivity index is 2.28. The first-order chi connectivity index (χ1) is 9.60. The average Bonchev–Trinajstić information content (AvgIpc) is 2.88. The number of carboxylic acids is 1. The molecule has 0 aromatic heterocycles. The van der Waals surface area contributed by atoms with Gasteiger partial charge in [-0.1, -0.05) is 0 Å². The summed E-state index contributed by atoms with van der Waals surface area (Å²) in [5, 5.41) is 28.4. The molecule has 0 spiro atoms. The molecule has 0 radical (unpaired) electrons.